The largest absolute Gasteiger partial charge is 0.497 e. The molecule has 1 fully saturated rings. The molecule has 146 valence electrons. The van der Waals surface area contributed by atoms with Crippen molar-refractivity contribution < 1.29 is 9.53 Å². The highest BCUT2D eigenvalue weighted by Crippen LogP contribution is 2.27. The van der Waals surface area contributed by atoms with Crippen LogP contribution in [0.5, 0.6) is 5.75 Å². The van der Waals surface area contributed by atoms with E-state index in [1.54, 1.807) is 7.11 Å². The number of ether oxygens (including phenoxy) is 1. The summed E-state index contributed by atoms with van der Waals surface area (Å²) in [4.78, 5) is 17.0. The minimum absolute atomic E-state index is 0.0421. The minimum atomic E-state index is -0.217. The molecule has 2 rings (SSSR count). The number of hydrogen-bond acceptors (Lipinski definition) is 3. The maximum absolute atomic E-state index is 12.8. The molecule has 1 unspecified atom stereocenters. The maximum atomic E-state index is 12.8. The third-order valence-corrected chi connectivity index (χ3v) is 4.74. The normalized spacial score (nSPS) is 18.7. The van der Waals surface area contributed by atoms with E-state index < -0.39 is 0 Å². The van der Waals surface area contributed by atoms with Crippen LogP contribution in [0.4, 0.5) is 10.5 Å². The Morgan fingerprint density at radius 3 is 2.27 bits per heavy atom. The van der Waals surface area contributed by atoms with Crippen LogP contribution in [0.1, 0.15) is 48.0 Å². The second-order valence-corrected chi connectivity index (χ2v) is 9.24. The zero-order valence-electron chi connectivity index (χ0n) is 17.4. The van der Waals surface area contributed by atoms with Crippen LogP contribution in [-0.2, 0) is 0 Å². The molecule has 0 bridgehead atoms. The Kier molecular flexibility index (Phi) is 6.09. The topological polar surface area (TPSA) is 44.8 Å². The van der Waals surface area contributed by atoms with Gasteiger partial charge < -0.3 is 19.9 Å². The number of benzene rings is 1. The summed E-state index contributed by atoms with van der Waals surface area (Å²) in [6, 6.07) is 8.44. The molecule has 0 saturated carbocycles. The first-order valence-corrected chi connectivity index (χ1v) is 9.48. The lowest BCUT2D eigenvalue weighted by atomic mass is 9.82. The number of carbonyl (C=O) groups is 1. The van der Waals surface area contributed by atoms with Gasteiger partial charge in [-0.1, -0.05) is 20.8 Å². The Labute approximate surface area is 158 Å². The molecule has 1 N–H and O–H groups in total. The number of nitrogens with one attached hydrogen (secondary N) is 1. The first kappa shape index (κ1) is 20.4. The summed E-state index contributed by atoms with van der Waals surface area (Å²) in [5.41, 5.74) is 1.13. The highest BCUT2D eigenvalue weighted by molar-refractivity contribution is 5.75. The average molecular weight is 362 g/mol. The van der Waals surface area contributed by atoms with Crippen molar-refractivity contribution in [3.05, 3.63) is 24.3 Å². The average Bonchev–Trinajstić information content (AvgIpc) is 2.52. The number of urea groups is 1. The molecule has 5 heteroatoms. The lowest BCUT2D eigenvalue weighted by Gasteiger charge is -2.43. The number of hydrogen-bond donors (Lipinski definition) is 1. The zero-order valence-corrected chi connectivity index (χ0v) is 17.4. The summed E-state index contributed by atoms with van der Waals surface area (Å²) in [5, 5.41) is 3.22. The fourth-order valence-corrected chi connectivity index (χ4v) is 4.04. The zero-order chi connectivity index (χ0) is 19.5. The first-order valence-electron chi connectivity index (χ1n) is 9.48. The van der Waals surface area contributed by atoms with Crippen molar-refractivity contribution >= 4 is 11.7 Å². The van der Waals surface area contributed by atoms with Crippen LogP contribution in [0, 0.1) is 5.41 Å². The molecule has 1 aliphatic heterocycles. The van der Waals surface area contributed by atoms with Crippen molar-refractivity contribution in [3.8, 4) is 5.75 Å². The molecule has 1 saturated heterocycles. The molecular formula is C21H35N3O2. The van der Waals surface area contributed by atoms with Gasteiger partial charge >= 0.3 is 6.03 Å². The lowest BCUT2D eigenvalue weighted by Crippen LogP contribution is -2.59. The van der Waals surface area contributed by atoms with Gasteiger partial charge in [0.15, 0.2) is 0 Å². The standard InChI is InChI=1S/C21H35N3O2/c1-16-14-23(19(25)22-21(5,6)15-20(2,3)4)12-13-24(16)17-8-10-18(26-7)11-9-17/h8-11,16H,12-15H2,1-7H3,(H,22,25). The molecule has 0 aliphatic carbocycles. The molecular weight excluding hydrogens is 326 g/mol. The fraction of sp³-hybridized carbons (Fsp3) is 0.667. The van der Waals surface area contributed by atoms with Gasteiger partial charge in [-0.05, 0) is 56.9 Å². The summed E-state index contributed by atoms with van der Waals surface area (Å²) in [6.45, 7) is 15.3. The Bertz CT molecular complexity index is 605. The number of carbonyl (C=O) groups excluding carboxylic acids is 1. The molecule has 1 atom stereocenters. The Morgan fingerprint density at radius 1 is 1.15 bits per heavy atom. The number of amides is 2. The molecule has 0 spiro atoms. The number of rotatable bonds is 4. The lowest BCUT2D eigenvalue weighted by molar-refractivity contribution is 0.166. The first-order chi connectivity index (χ1) is 12.0. The Balaban J connectivity index is 1.95. The van der Waals surface area contributed by atoms with Crippen LogP contribution in [-0.4, -0.2) is 49.3 Å². The summed E-state index contributed by atoms with van der Waals surface area (Å²) in [7, 11) is 1.68. The van der Waals surface area contributed by atoms with E-state index in [0.29, 0.717) is 0 Å². The predicted molar refractivity (Wildman–Crippen MR) is 108 cm³/mol. The van der Waals surface area contributed by atoms with Crippen molar-refractivity contribution in [3.63, 3.8) is 0 Å². The van der Waals surface area contributed by atoms with E-state index in [9.17, 15) is 4.79 Å². The van der Waals surface area contributed by atoms with Gasteiger partial charge in [-0.2, -0.15) is 0 Å². The SMILES string of the molecule is COc1ccc(N2CCN(C(=O)NC(C)(C)CC(C)(C)C)CC2C)cc1. The molecule has 0 aromatic heterocycles. The second-order valence-electron chi connectivity index (χ2n) is 9.24. The molecule has 5 nitrogen and oxygen atoms in total. The van der Waals surface area contributed by atoms with E-state index in [1.165, 1.54) is 5.69 Å². The van der Waals surface area contributed by atoms with Crippen LogP contribution >= 0.6 is 0 Å². The third-order valence-electron chi connectivity index (χ3n) is 4.74. The monoisotopic (exact) mass is 361 g/mol. The molecule has 1 aliphatic rings. The van der Waals surface area contributed by atoms with Gasteiger partial charge in [0, 0.05) is 36.9 Å². The fourth-order valence-electron chi connectivity index (χ4n) is 4.04. The molecule has 26 heavy (non-hydrogen) atoms. The van der Waals surface area contributed by atoms with Gasteiger partial charge in [0.1, 0.15) is 5.75 Å². The van der Waals surface area contributed by atoms with E-state index in [2.05, 4.69) is 63.9 Å². The van der Waals surface area contributed by atoms with Gasteiger partial charge in [0.25, 0.3) is 0 Å². The maximum Gasteiger partial charge on any atom is 0.317 e. The summed E-state index contributed by atoms with van der Waals surface area (Å²) >= 11 is 0. The minimum Gasteiger partial charge on any atom is -0.497 e. The van der Waals surface area contributed by atoms with E-state index >= 15 is 0 Å². The third kappa shape index (κ3) is 5.55. The van der Waals surface area contributed by atoms with Gasteiger partial charge in [0.05, 0.1) is 7.11 Å². The number of piperazine rings is 1. The van der Waals surface area contributed by atoms with Gasteiger partial charge in [0.2, 0.25) is 0 Å². The smallest absolute Gasteiger partial charge is 0.317 e. The van der Waals surface area contributed by atoms with E-state index in [1.807, 2.05) is 17.0 Å². The van der Waals surface area contributed by atoms with Gasteiger partial charge in [-0.3, -0.25) is 0 Å². The number of anilines is 1. The summed E-state index contributed by atoms with van der Waals surface area (Å²) < 4.78 is 5.23. The van der Waals surface area contributed by atoms with Crippen molar-refractivity contribution in [2.75, 3.05) is 31.6 Å². The van der Waals surface area contributed by atoms with E-state index in [-0.39, 0.29) is 23.0 Å². The van der Waals surface area contributed by atoms with Crippen molar-refractivity contribution in [1.29, 1.82) is 0 Å². The number of methoxy groups -OCH3 is 1. The molecule has 2 amide bonds. The molecule has 1 aromatic rings. The van der Waals surface area contributed by atoms with Crippen molar-refractivity contribution in [1.82, 2.24) is 10.2 Å². The summed E-state index contributed by atoms with van der Waals surface area (Å²) in [6.07, 6.45) is 0.938. The van der Waals surface area contributed by atoms with Crippen LogP contribution in [0.25, 0.3) is 0 Å². The number of nitrogens with zero attached hydrogens (tertiary/aromatic N) is 2. The van der Waals surface area contributed by atoms with Crippen LogP contribution in [0.15, 0.2) is 24.3 Å². The van der Waals surface area contributed by atoms with Gasteiger partial charge in [-0.25, -0.2) is 4.79 Å². The van der Waals surface area contributed by atoms with Crippen LogP contribution in [0.2, 0.25) is 0 Å². The Hall–Kier alpha value is -1.91. The highest BCUT2D eigenvalue weighted by Gasteiger charge is 2.31. The Morgan fingerprint density at radius 2 is 1.77 bits per heavy atom. The van der Waals surface area contributed by atoms with Crippen molar-refractivity contribution in [2.24, 2.45) is 5.41 Å². The van der Waals surface area contributed by atoms with Crippen molar-refractivity contribution in [2.45, 2.75) is 59.5 Å². The quantitative estimate of drug-likeness (QED) is 0.877. The van der Waals surface area contributed by atoms with Crippen LogP contribution in [0.3, 0.4) is 0 Å². The highest BCUT2D eigenvalue weighted by atomic mass is 16.5. The predicted octanol–water partition coefficient (Wildman–Crippen LogP) is 4.13. The molecule has 1 heterocycles. The summed E-state index contributed by atoms with van der Waals surface area (Å²) in [5.74, 6) is 0.862. The van der Waals surface area contributed by atoms with E-state index in [0.717, 1.165) is 31.8 Å². The van der Waals surface area contributed by atoms with Gasteiger partial charge in [-0.15, -0.1) is 0 Å². The van der Waals surface area contributed by atoms with E-state index in [4.69, 9.17) is 4.74 Å². The second kappa shape index (κ2) is 7.77. The van der Waals surface area contributed by atoms with Crippen LogP contribution < -0.4 is 15.0 Å². The molecule has 1 aromatic carbocycles. The molecule has 0 radical (unpaired) electrons.